The molecule has 0 radical (unpaired) electrons. The Morgan fingerprint density at radius 1 is 1.04 bits per heavy atom. The molecule has 2 N–H and O–H groups in total. The molecule has 26 heavy (non-hydrogen) atoms. The van der Waals surface area contributed by atoms with E-state index in [9.17, 15) is 23.2 Å². The van der Waals surface area contributed by atoms with Crippen molar-refractivity contribution in [2.24, 2.45) is 0 Å². The van der Waals surface area contributed by atoms with Gasteiger partial charge < -0.3 is 15.4 Å². The molecule has 0 fully saturated rings. The molecule has 2 aromatic carbocycles. The van der Waals surface area contributed by atoms with Crippen LogP contribution in [0.4, 0.5) is 14.5 Å². The molecule has 0 aliphatic rings. The van der Waals surface area contributed by atoms with Crippen molar-refractivity contribution in [3.63, 3.8) is 0 Å². The average molecular weight is 383 g/mol. The van der Waals surface area contributed by atoms with Crippen molar-refractivity contribution < 1.29 is 27.9 Å². The van der Waals surface area contributed by atoms with Gasteiger partial charge in [-0.25, -0.2) is 8.78 Å². The van der Waals surface area contributed by atoms with Crippen molar-refractivity contribution in [2.45, 2.75) is 0 Å². The van der Waals surface area contributed by atoms with Gasteiger partial charge in [-0.3, -0.25) is 14.4 Å². The van der Waals surface area contributed by atoms with E-state index < -0.39 is 42.6 Å². The summed E-state index contributed by atoms with van der Waals surface area (Å²) in [6.45, 7) is -1.06. The second-order valence-corrected chi connectivity index (χ2v) is 5.43. The molecular formula is C17H13ClF2N2O4. The molecular weight excluding hydrogens is 370 g/mol. The Kier molecular flexibility index (Phi) is 6.62. The highest BCUT2D eigenvalue weighted by molar-refractivity contribution is 6.31. The summed E-state index contributed by atoms with van der Waals surface area (Å²) < 4.78 is 30.5. The average Bonchev–Trinajstić information content (AvgIpc) is 2.61. The largest absolute Gasteiger partial charge is 0.454 e. The first kappa shape index (κ1) is 19.3. The Morgan fingerprint density at radius 3 is 2.38 bits per heavy atom. The summed E-state index contributed by atoms with van der Waals surface area (Å²) in [6, 6.07) is 8.32. The van der Waals surface area contributed by atoms with Crippen LogP contribution in [0.1, 0.15) is 10.4 Å². The van der Waals surface area contributed by atoms with Crippen LogP contribution in [0.3, 0.4) is 0 Å². The fraction of sp³-hybridized carbons (Fsp3) is 0.118. The first-order valence-corrected chi connectivity index (χ1v) is 7.67. The summed E-state index contributed by atoms with van der Waals surface area (Å²) in [5.74, 6) is -3.21. The third kappa shape index (κ3) is 5.82. The van der Waals surface area contributed by atoms with Gasteiger partial charge in [0.15, 0.2) is 6.61 Å². The lowest BCUT2D eigenvalue weighted by Gasteiger charge is -2.08. The fourth-order valence-electron chi connectivity index (χ4n) is 1.82. The van der Waals surface area contributed by atoms with Crippen molar-refractivity contribution >= 4 is 35.1 Å². The van der Waals surface area contributed by atoms with Gasteiger partial charge >= 0.3 is 5.97 Å². The lowest BCUT2D eigenvalue weighted by atomic mass is 10.2. The first-order chi connectivity index (χ1) is 12.3. The zero-order valence-corrected chi connectivity index (χ0v) is 14.0. The van der Waals surface area contributed by atoms with Gasteiger partial charge in [-0.15, -0.1) is 0 Å². The van der Waals surface area contributed by atoms with Crippen LogP contribution in [0.2, 0.25) is 5.02 Å². The van der Waals surface area contributed by atoms with Crippen LogP contribution in [0.15, 0.2) is 42.5 Å². The van der Waals surface area contributed by atoms with Gasteiger partial charge in [-0.2, -0.15) is 0 Å². The normalized spacial score (nSPS) is 10.1. The summed E-state index contributed by atoms with van der Waals surface area (Å²) >= 11 is 5.58. The highest BCUT2D eigenvalue weighted by Gasteiger charge is 2.11. The van der Waals surface area contributed by atoms with E-state index in [1.807, 2.05) is 0 Å². The summed E-state index contributed by atoms with van der Waals surface area (Å²) in [6.07, 6.45) is 0. The number of hydrogen-bond acceptors (Lipinski definition) is 4. The lowest BCUT2D eigenvalue weighted by Crippen LogP contribution is -2.32. The molecule has 2 rings (SSSR count). The summed E-state index contributed by atoms with van der Waals surface area (Å²) in [5.41, 5.74) is 0.409. The molecule has 0 aliphatic carbocycles. The van der Waals surface area contributed by atoms with Crippen LogP contribution >= 0.6 is 11.6 Å². The molecule has 6 nitrogen and oxygen atoms in total. The number of esters is 1. The molecule has 0 saturated heterocycles. The molecule has 0 bridgehead atoms. The van der Waals surface area contributed by atoms with E-state index in [1.54, 1.807) is 0 Å². The van der Waals surface area contributed by atoms with Gasteiger partial charge in [0.2, 0.25) is 0 Å². The van der Waals surface area contributed by atoms with Crippen molar-refractivity contribution in [3.05, 3.63) is 64.7 Å². The number of nitrogens with one attached hydrogen (secondary N) is 2. The number of anilines is 1. The van der Waals surface area contributed by atoms with Crippen molar-refractivity contribution in [1.82, 2.24) is 5.32 Å². The minimum absolute atomic E-state index is 0.164. The number of hydrogen-bond donors (Lipinski definition) is 2. The Balaban J connectivity index is 1.73. The number of rotatable bonds is 6. The number of amides is 2. The summed E-state index contributed by atoms with van der Waals surface area (Å²) in [5, 5.41) is 4.49. The highest BCUT2D eigenvalue weighted by atomic mass is 35.5. The highest BCUT2D eigenvalue weighted by Crippen LogP contribution is 2.19. The zero-order chi connectivity index (χ0) is 19.1. The van der Waals surface area contributed by atoms with Gasteiger partial charge in [0.25, 0.3) is 11.8 Å². The Bertz CT molecular complexity index is 828. The van der Waals surface area contributed by atoms with Gasteiger partial charge in [0.05, 0.1) is 5.02 Å². The number of carbonyl (C=O) groups is 3. The number of halogens is 3. The SMILES string of the molecule is O=C(COC(=O)CNC(=O)c1ccc(F)cc1)Nc1ccc(F)c(Cl)c1. The van der Waals surface area contributed by atoms with Gasteiger partial charge in [0.1, 0.15) is 18.2 Å². The molecule has 136 valence electrons. The molecule has 0 heterocycles. The second kappa shape index (κ2) is 8.91. The quantitative estimate of drug-likeness (QED) is 0.752. The van der Waals surface area contributed by atoms with Crippen LogP contribution in [0.5, 0.6) is 0 Å². The topological polar surface area (TPSA) is 84.5 Å². The fourth-order valence-corrected chi connectivity index (χ4v) is 2.00. The molecule has 0 spiro atoms. The van der Waals surface area contributed by atoms with E-state index in [0.717, 1.165) is 18.2 Å². The predicted octanol–water partition coefficient (Wildman–Crippen LogP) is 2.53. The van der Waals surface area contributed by atoms with Crippen LogP contribution in [0.25, 0.3) is 0 Å². The Labute approximate surface area is 152 Å². The molecule has 0 unspecified atom stereocenters. The number of carbonyl (C=O) groups excluding carboxylic acids is 3. The molecule has 2 aromatic rings. The van der Waals surface area contributed by atoms with E-state index in [0.29, 0.717) is 0 Å². The van der Waals surface area contributed by atoms with Gasteiger partial charge in [-0.05, 0) is 42.5 Å². The van der Waals surface area contributed by atoms with Gasteiger partial charge in [0, 0.05) is 11.3 Å². The monoisotopic (exact) mass is 382 g/mol. The van der Waals surface area contributed by atoms with Crippen LogP contribution in [-0.2, 0) is 14.3 Å². The van der Waals surface area contributed by atoms with Crippen molar-refractivity contribution in [2.75, 3.05) is 18.5 Å². The van der Waals surface area contributed by atoms with E-state index in [-0.39, 0.29) is 16.3 Å². The first-order valence-electron chi connectivity index (χ1n) is 7.29. The number of ether oxygens (including phenoxy) is 1. The van der Waals surface area contributed by atoms with E-state index in [1.165, 1.54) is 24.3 Å². The third-order valence-corrected chi connectivity index (χ3v) is 3.36. The lowest BCUT2D eigenvalue weighted by molar-refractivity contribution is -0.146. The van der Waals surface area contributed by atoms with E-state index in [4.69, 9.17) is 16.3 Å². The maximum Gasteiger partial charge on any atom is 0.325 e. The smallest absolute Gasteiger partial charge is 0.325 e. The standard InChI is InChI=1S/C17H13ClF2N2O4/c18-13-7-12(5-6-14(13)20)22-15(23)9-26-16(24)8-21-17(25)10-1-3-11(19)4-2-10/h1-7H,8-9H2,(H,21,25)(H,22,23). The Morgan fingerprint density at radius 2 is 1.73 bits per heavy atom. The molecule has 2 amide bonds. The Hall–Kier alpha value is -3.00. The van der Waals surface area contributed by atoms with Crippen molar-refractivity contribution in [1.29, 1.82) is 0 Å². The molecule has 9 heteroatoms. The molecule has 0 aromatic heterocycles. The number of benzene rings is 2. The zero-order valence-electron chi connectivity index (χ0n) is 13.2. The molecule has 0 saturated carbocycles. The third-order valence-electron chi connectivity index (χ3n) is 3.07. The van der Waals surface area contributed by atoms with Crippen molar-refractivity contribution in [3.8, 4) is 0 Å². The van der Waals surface area contributed by atoms with E-state index in [2.05, 4.69) is 10.6 Å². The summed E-state index contributed by atoms with van der Waals surface area (Å²) in [7, 11) is 0. The predicted molar refractivity (Wildman–Crippen MR) is 89.7 cm³/mol. The maximum absolute atomic E-state index is 13.0. The molecule has 0 atom stereocenters. The van der Waals surface area contributed by atoms with Crippen LogP contribution in [-0.4, -0.2) is 30.9 Å². The maximum atomic E-state index is 13.0. The minimum atomic E-state index is -0.840. The van der Waals surface area contributed by atoms with E-state index >= 15 is 0 Å². The minimum Gasteiger partial charge on any atom is -0.454 e. The van der Waals surface area contributed by atoms with Crippen LogP contribution in [0, 0.1) is 11.6 Å². The summed E-state index contributed by atoms with van der Waals surface area (Å²) in [4.78, 5) is 34.9. The van der Waals surface area contributed by atoms with Crippen LogP contribution < -0.4 is 10.6 Å². The molecule has 0 aliphatic heterocycles. The second-order valence-electron chi connectivity index (χ2n) is 5.03. The van der Waals surface area contributed by atoms with Gasteiger partial charge in [-0.1, -0.05) is 11.6 Å².